The molecule has 0 radical (unpaired) electrons. The molecule has 0 rings (SSSR count). The van der Waals surface area contributed by atoms with E-state index in [9.17, 15) is 4.79 Å². The van der Waals surface area contributed by atoms with Gasteiger partial charge < -0.3 is 15.4 Å². The summed E-state index contributed by atoms with van der Waals surface area (Å²) in [6.07, 6.45) is -0.329. The summed E-state index contributed by atoms with van der Waals surface area (Å²) in [5.74, 6) is 0. The summed E-state index contributed by atoms with van der Waals surface area (Å²) in [7, 11) is 1.68. The van der Waals surface area contributed by atoms with Gasteiger partial charge in [-0.25, -0.2) is 4.79 Å². The molecule has 0 fully saturated rings. The smallest absolute Gasteiger partial charge is 0.410 e. The van der Waals surface area contributed by atoms with Crippen molar-refractivity contribution < 1.29 is 9.53 Å². The lowest BCUT2D eigenvalue weighted by molar-refractivity contribution is 0.0291. The molecule has 0 aliphatic carbocycles. The van der Waals surface area contributed by atoms with Crippen molar-refractivity contribution in [1.29, 1.82) is 0 Å². The zero-order chi connectivity index (χ0) is 10.6. The summed E-state index contributed by atoms with van der Waals surface area (Å²) in [6.45, 7) is 7.87. The highest BCUT2D eigenvalue weighted by Crippen LogP contribution is 2.08. The van der Waals surface area contributed by atoms with Crippen molar-refractivity contribution >= 4 is 6.09 Å². The molecule has 0 aliphatic rings. The molecular weight excluding hydrogens is 168 g/mol. The molecule has 0 aromatic heterocycles. The third-order valence-electron chi connectivity index (χ3n) is 1.27. The van der Waals surface area contributed by atoms with Gasteiger partial charge >= 0.3 is 6.09 Å². The Morgan fingerprint density at radius 3 is 2.31 bits per heavy atom. The van der Waals surface area contributed by atoms with E-state index < -0.39 is 5.60 Å². The Kier molecular flexibility index (Phi) is 4.20. The second-order valence-electron chi connectivity index (χ2n) is 4.34. The highest BCUT2D eigenvalue weighted by atomic mass is 16.6. The Bertz CT molecular complexity index is 173. The fourth-order valence-electron chi connectivity index (χ4n) is 0.846. The third-order valence-corrected chi connectivity index (χ3v) is 1.27. The van der Waals surface area contributed by atoms with Crippen molar-refractivity contribution in [3.05, 3.63) is 0 Å². The van der Waals surface area contributed by atoms with Gasteiger partial charge in [0, 0.05) is 19.6 Å². The number of carbonyl (C=O) groups excluding carboxylic acids is 1. The van der Waals surface area contributed by atoms with E-state index in [0.717, 1.165) is 0 Å². The number of likely N-dealkylation sites (N-methyl/N-ethyl adjacent to an activating group) is 1. The maximum Gasteiger partial charge on any atom is 0.410 e. The van der Waals surface area contributed by atoms with Gasteiger partial charge in [0.05, 0.1) is 0 Å². The zero-order valence-corrected chi connectivity index (χ0v) is 9.13. The van der Waals surface area contributed by atoms with Crippen LogP contribution in [-0.4, -0.2) is 36.2 Å². The van der Waals surface area contributed by atoms with E-state index in [1.165, 1.54) is 4.90 Å². The van der Waals surface area contributed by atoms with Crippen molar-refractivity contribution in [2.75, 3.05) is 13.6 Å². The van der Waals surface area contributed by atoms with Gasteiger partial charge in [-0.05, 0) is 27.7 Å². The van der Waals surface area contributed by atoms with Gasteiger partial charge in [-0.15, -0.1) is 0 Å². The normalized spacial score (nSPS) is 13.7. The second-order valence-corrected chi connectivity index (χ2v) is 4.34. The summed E-state index contributed by atoms with van der Waals surface area (Å²) < 4.78 is 5.13. The Labute approximate surface area is 80.0 Å². The molecule has 0 aromatic rings. The molecule has 0 spiro atoms. The van der Waals surface area contributed by atoms with Crippen molar-refractivity contribution in [3.63, 3.8) is 0 Å². The van der Waals surface area contributed by atoms with Gasteiger partial charge in [0.2, 0.25) is 0 Å². The molecule has 1 atom stereocenters. The van der Waals surface area contributed by atoms with Crippen molar-refractivity contribution in [2.24, 2.45) is 5.73 Å². The number of rotatable bonds is 2. The van der Waals surface area contributed by atoms with Gasteiger partial charge in [0.15, 0.2) is 0 Å². The summed E-state index contributed by atoms with van der Waals surface area (Å²) in [5, 5.41) is 0. The molecule has 4 heteroatoms. The van der Waals surface area contributed by atoms with Crippen LogP contribution >= 0.6 is 0 Å². The Morgan fingerprint density at radius 2 is 2.00 bits per heavy atom. The monoisotopic (exact) mass is 188 g/mol. The third kappa shape index (κ3) is 6.40. The summed E-state index contributed by atoms with van der Waals surface area (Å²) in [4.78, 5) is 12.8. The number of amides is 1. The molecule has 4 nitrogen and oxygen atoms in total. The van der Waals surface area contributed by atoms with Crippen LogP contribution in [0.5, 0.6) is 0 Å². The van der Waals surface area contributed by atoms with E-state index in [2.05, 4.69) is 0 Å². The van der Waals surface area contributed by atoms with Crippen LogP contribution < -0.4 is 5.73 Å². The van der Waals surface area contributed by atoms with Crippen molar-refractivity contribution in [1.82, 2.24) is 4.90 Å². The fourth-order valence-corrected chi connectivity index (χ4v) is 0.846. The molecule has 1 unspecified atom stereocenters. The van der Waals surface area contributed by atoms with Crippen LogP contribution in [0.4, 0.5) is 4.79 Å². The number of nitrogens with zero attached hydrogens (tertiary/aromatic N) is 1. The van der Waals surface area contributed by atoms with Crippen LogP contribution in [0.25, 0.3) is 0 Å². The highest BCUT2D eigenvalue weighted by Gasteiger charge is 2.19. The van der Waals surface area contributed by atoms with Gasteiger partial charge in [-0.1, -0.05) is 0 Å². The van der Waals surface area contributed by atoms with Crippen LogP contribution in [0.2, 0.25) is 0 Å². The zero-order valence-electron chi connectivity index (χ0n) is 9.13. The van der Waals surface area contributed by atoms with Crippen LogP contribution in [0, 0.1) is 0 Å². The minimum Gasteiger partial charge on any atom is -0.444 e. The molecule has 0 aromatic carbocycles. The standard InChI is InChI=1S/C9H20N2O2/c1-7(10)6-11(5)8(12)13-9(2,3)4/h7H,6,10H2,1-5H3. The van der Waals surface area contributed by atoms with Crippen LogP contribution in [0.1, 0.15) is 27.7 Å². The van der Waals surface area contributed by atoms with E-state index in [1.54, 1.807) is 7.05 Å². The van der Waals surface area contributed by atoms with Gasteiger partial charge in [-0.3, -0.25) is 0 Å². The van der Waals surface area contributed by atoms with Gasteiger partial charge in [-0.2, -0.15) is 0 Å². The van der Waals surface area contributed by atoms with Crippen molar-refractivity contribution in [2.45, 2.75) is 39.3 Å². The SMILES string of the molecule is CC(N)CN(C)C(=O)OC(C)(C)C. The lowest BCUT2D eigenvalue weighted by Crippen LogP contribution is -2.40. The molecule has 78 valence electrons. The average molecular weight is 188 g/mol. The first-order chi connectivity index (χ1) is 5.72. The second kappa shape index (κ2) is 4.46. The van der Waals surface area contributed by atoms with Crippen LogP contribution in [0.3, 0.4) is 0 Å². The number of hydrogen-bond donors (Lipinski definition) is 1. The van der Waals surface area contributed by atoms with Crippen LogP contribution in [0.15, 0.2) is 0 Å². The Hall–Kier alpha value is -0.770. The molecule has 2 N–H and O–H groups in total. The van der Waals surface area contributed by atoms with E-state index in [1.807, 2.05) is 27.7 Å². The van der Waals surface area contributed by atoms with Crippen molar-refractivity contribution in [3.8, 4) is 0 Å². The number of carbonyl (C=O) groups is 1. The minimum absolute atomic E-state index is 0.0301. The van der Waals surface area contributed by atoms with E-state index >= 15 is 0 Å². The minimum atomic E-state index is -0.441. The first-order valence-electron chi connectivity index (χ1n) is 4.42. The number of hydrogen-bond acceptors (Lipinski definition) is 3. The predicted molar refractivity (Wildman–Crippen MR) is 52.5 cm³/mol. The van der Waals surface area contributed by atoms with E-state index in [0.29, 0.717) is 6.54 Å². The fraction of sp³-hybridized carbons (Fsp3) is 0.889. The highest BCUT2D eigenvalue weighted by molar-refractivity contribution is 5.67. The van der Waals surface area contributed by atoms with Crippen LogP contribution in [-0.2, 0) is 4.74 Å². The van der Waals surface area contributed by atoms with E-state index in [-0.39, 0.29) is 12.1 Å². The first kappa shape index (κ1) is 12.2. The van der Waals surface area contributed by atoms with Gasteiger partial charge in [0.1, 0.15) is 5.60 Å². The lowest BCUT2D eigenvalue weighted by Gasteiger charge is -2.25. The van der Waals surface area contributed by atoms with E-state index in [4.69, 9.17) is 10.5 Å². The lowest BCUT2D eigenvalue weighted by atomic mass is 10.2. The number of nitrogens with two attached hydrogens (primary N) is 1. The maximum atomic E-state index is 11.3. The molecular formula is C9H20N2O2. The molecule has 0 saturated heterocycles. The topological polar surface area (TPSA) is 55.6 Å². The molecule has 1 amide bonds. The predicted octanol–water partition coefficient (Wildman–Crippen LogP) is 1.20. The summed E-state index contributed by atoms with van der Waals surface area (Å²) >= 11 is 0. The number of ether oxygens (including phenoxy) is 1. The van der Waals surface area contributed by atoms with Gasteiger partial charge in [0.25, 0.3) is 0 Å². The Morgan fingerprint density at radius 1 is 1.54 bits per heavy atom. The first-order valence-corrected chi connectivity index (χ1v) is 4.42. The molecule has 0 heterocycles. The molecule has 0 aliphatic heterocycles. The molecule has 0 bridgehead atoms. The quantitative estimate of drug-likeness (QED) is 0.708. The Balaban J connectivity index is 3.97. The molecule has 0 saturated carbocycles. The summed E-state index contributed by atoms with van der Waals surface area (Å²) in [5.41, 5.74) is 5.10. The molecule has 13 heavy (non-hydrogen) atoms. The largest absolute Gasteiger partial charge is 0.444 e. The maximum absolute atomic E-state index is 11.3. The average Bonchev–Trinajstić information content (AvgIpc) is 1.81. The summed E-state index contributed by atoms with van der Waals surface area (Å²) in [6, 6.07) is -0.0301.